The van der Waals surface area contributed by atoms with Gasteiger partial charge in [0, 0.05) is 10.9 Å². The maximum absolute atomic E-state index is 13.4. The van der Waals surface area contributed by atoms with Crippen molar-refractivity contribution in [2.75, 3.05) is 5.32 Å². The summed E-state index contributed by atoms with van der Waals surface area (Å²) in [6.45, 7) is 2.21. The molecule has 3 N–H and O–H groups in total. The molecule has 4 saturated carbocycles. The summed E-state index contributed by atoms with van der Waals surface area (Å²) in [6, 6.07) is 0.254. The summed E-state index contributed by atoms with van der Waals surface area (Å²) in [5.74, 6) is -1.37. The summed E-state index contributed by atoms with van der Waals surface area (Å²) in [7, 11) is 0. The van der Waals surface area contributed by atoms with Crippen molar-refractivity contribution in [3.63, 3.8) is 0 Å². The van der Waals surface area contributed by atoms with E-state index in [-0.39, 0.29) is 29.7 Å². The maximum atomic E-state index is 13.4. The highest BCUT2D eigenvalue weighted by atomic mass is 32.1. The van der Waals surface area contributed by atoms with E-state index < -0.39 is 17.8 Å². The van der Waals surface area contributed by atoms with Gasteiger partial charge in [-0.15, -0.1) is 11.3 Å². The Labute approximate surface area is 187 Å². The molecule has 5 aliphatic rings. The number of thiophene rings is 1. The number of amides is 2. The van der Waals surface area contributed by atoms with Gasteiger partial charge in [0.05, 0.1) is 17.4 Å². The molecule has 7 heteroatoms. The lowest BCUT2D eigenvalue weighted by Gasteiger charge is -2.45. The first-order valence-corrected chi connectivity index (χ1v) is 12.8. The Morgan fingerprint density at radius 1 is 1.00 bits per heavy atom. The van der Waals surface area contributed by atoms with Gasteiger partial charge < -0.3 is 15.7 Å². The largest absolute Gasteiger partial charge is 0.481 e. The molecule has 6 nitrogen and oxygen atoms in total. The van der Waals surface area contributed by atoms with Crippen LogP contribution in [0.1, 0.15) is 79.1 Å². The molecule has 5 aliphatic carbocycles. The van der Waals surface area contributed by atoms with Gasteiger partial charge >= 0.3 is 5.97 Å². The molecule has 1 aromatic rings. The summed E-state index contributed by atoms with van der Waals surface area (Å²) < 4.78 is 0. The van der Waals surface area contributed by atoms with Crippen LogP contribution >= 0.6 is 11.3 Å². The van der Waals surface area contributed by atoms with E-state index in [1.54, 1.807) is 0 Å². The van der Waals surface area contributed by atoms with Crippen LogP contribution in [0.25, 0.3) is 0 Å². The quantitative estimate of drug-likeness (QED) is 0.612. The molecular weight excluding hydrogens is 412 g/mol. The lowest BCUT2D eigenvalue weighted by atomic mass is 9.58. The minimum absolute atomic E-state index is 0.0785. The number of carbonyl (C=O) groups excluding carboxylic acids is 2. The summed E-state index contributed by atoms with van der Waals surface area (Å²) in [5.41, 5.74) is 1.74. The smallest absolute Gasteiger partial charge is 0.307 e. The number of aliphatic carboxylic acids is 1. The molecule has 1 heterocycles. The van der Waals surface area contributed by atoms with E-state index in [9.17, 15) is 19.5 Å². The Morgan fingerprint density at radius 3 is 2.29 bits per heavy atom. The highest BCUT2D eigenvalue weighted by Crippen LogP contribution is 2.50. The summed E-state index contributed by atoms with van der Waals surface area (Å²) in [6.07, 6.45) is 9.74. The molecule has 0 aliphatic heterocycles. The van der Waals surface area contributed by atoms with E-state index >= 15 is 0 Å². The van der Waals surface area contributed by atoms with Crippen molar-refractivity contribution in [1.29, 1.82) is 0 Å². The number of carbonyl (C=O) groups is 3. The summed E-state index contributed by atoms with van der Waals surface area (Å²) in [4.78, 5) is 39.7. The standard InChI is InChI=1S/C24H32N2O4S/c1-2-12-3-10-16-17(11-12)31-23(20(16)22(28)25-15-8-9-15)26-21(27)18-13-4-6-14(7-5-13)19(18)24(29)30/h12-15,18-19H,2-11H2,1H3,(H,25,28)(H,26,27)(H,29,30)/t12-,13?,14?,18+,19-/m0/s1. The van der Waals surface area contributed by atoms with Crippen LogP contribution in [0.2, 0.25) is 0 Å². The second-order valence-corrected chi connectivity index (χ2v) is 11.1. The summed E-state index contributed by atoms with van der Waals surface area (Å²) >= 11 is 1.54. The minimum Gasteiger partial charge on any atom is -0.481 e. The first-order chi connectivity index (χ1) is 15.0. The van der Waals surface area contributed by atoms with Gasteiger partial charge in [-0.25, -0.2) is 0 Å². The number of hydrogen-bond donors (Lipinski definition) is 3. The second-order valence-electron chi connectivity index (χ2n) is 10.0. The van der Waals surface area contributed by atoms with Crippen LogP contribution in [-0.2, 0) is 22.4 Å². The zero-order chi connectivity index (χ0) is 21.7. The molecule has 0 saturated heterocycles. The fourth-order valence-corrected chi connectivity index (χ4v) is 7.56. The molecule has 2 amide bonds. The molecular formula is C24H32N2O4S. The van der Waals surface area contributed by atoms with Crippen molar-refractivity contribution in [2.45, 2.75) is 77.2 Å². The third kappa shape index (κ3) is 3.90. The van der Waals surface area contributed by atoms with Gasteiger partial charge in [-0.2, -0.15) is 0 Å². The van der Waals surface area contributed by atoms with Gasteiger partial charge in [0.15, 0.2) is 0 Å². The van der Waals surface area contributed by atoms with Gasteiger partial charge in [0.2, 0.25) is 5.91 Å². The number of carboxylic acids is 1. The number of nitrogens with one attached hydrogen (secondary N) is 2. The van der Waals surface area contributed by atoms with Crippen molar-refractivity contribution < 1.29 is 19.5 Å². The minimum atomic E-state index is -0.850. The number of fused-ring (bicyclic) bond motifs is 4. The van der Waals surface area contributed by atoms with Crippen LogP contribution in [0.3, 0.4) is 0 Å². The average molecular weight is 445 g/mol. The summed E-state index contributed by atoms with van der Waals surface area (Å²) in [5, 5.41) is 16.6. The van der Waals surface area contributed by atoms with Crippen LogP contribution < -0.4 is 10.6 Å². The Hall–Kier alpha value is -1.89. The van der Waals surface area contributed by atoms with Crippen LogP contribution in [0, 0.1) is 29.6 Å². The number of anilines is 1. The topological polar surface area (TPSA) is 95.5 Å². The highest BCUT2D eigenvalue weighted by Gasteiger charge is 2.50. The van der Waals surface area contributed by atoms with E-state index in [4.69, 9.17) is 0 Å². The van der Waals surface area contributed by atoms with Crippen molar-refractivity contribution in [1.82, 2.24) is 5.32 Å². The Bertz CT molecular complexity index is 898. The SMILES string of the molecule is CC[C@H]1CCc2c(sc(NC(=O)[C@@H]3C4CCC(CC4)[C@@H]3C(=O)O)c2C(=O)NC2CC2)C1. The van der Waals surface area contributed by atoms with Gasteiger partial charge in [-0.1, -0.05) is 13.3 Å². The van der Waals surface area contributed by atoms with E-state index in [1.807, 2.05) is 0 Å². The normalized spacial score (nSPS) is 31.7. The molecule has 3 atom stereocenters. The first kappa shape index (κ1) is 21.0. The molecule has 0 spiro atoms. The third-order valence-electron chi connectivity index (χ3n) is 8.13. The zero-order valence-corrected chi connectivity index (χ0v) is 18.9. The van der Waals surface area contributed by atoms with Gasteiger partial charge in [0.25, 0.3) is 5.91 Å². The monoisotopic (exact) mass is 444 g/mol. The van der Waals surface area contributed by atoms with E-state index in [0.29, 0.717) is 16.5 Å². The molecule has 0 aromatic carbocycles. The molecule has 6 rings (SSSR count). The average Bonchev–Trinajstić information content (AvgIpc) is 3.51. The lowest BCUT2D eigenvalue weighted by molar-refractivity contribution is -0.156. The molecule has 1 aromatic heterocycles. The fraction of sp³-hybridized carbons (Fsp3) is 0.708. The van der Waals surface area contributed by atoms with Gasteiger partial charge in [-0.3, -0.25) is 14.4 Å². The van der Waals surface area contributed by atoms with Gasteiger partial charge in [0.1, 0.15) is 5.00 Å². The molecule has 4 fully saturated rings. The molecule has 168 valence electrons. The van der Waals surface area contributed by atoms with E-state index in [1.165, 1.54) is 16.2 Å². The molecule has 31 heavy (non-hydrogen) atoms. The van der Waals surface area contributed by atoms with E-state index in [0.717, 1.165) is 69.8 Å². The van der Waals surface area contributed by atoms with Crippen molar-refractivity contribution >= 4 is 34.1 Å². The van der Waals surface area contributed by atoms with Crippen molar-refractivity contribution in [2.24, 2.45) is 29.6 Å². The number of hydrogen-bond acceptors (Lipinski definition) is 4. The molecule has 0 unspecified atom stereocenters. The zero-order valence-electron chi connectivity index (χ0n) is 18.1. The predicted molar refractivity (Wildman–Crippen MR) is 119 cm³/mol. The Balaban J connectivity index is 1.44. The number of rotatable bonds is 6. The van der Waals surface area contributed by atoms with Crippen LogP contribution in [0.4, 0.5) is 5.00 Å². The van der Waals surface area contributed by atoms with Crippen molar-refractivity contribution in [3.8, 4) is 0 Å². The lowest BCUT2D eigenvalue weighted by Crippen LogP contribution is -2.49. The van der Waals surface area contributed by atoms with Crippen LogP contribution in [-0.4, -0.2) is 28.9 Å². The van der Waals surface area contributed by atoms with Gasteiger partial charge in [-0.05, 0) is 81.1 Å². The second kappa shape index (κ2) is 8.23. The first-order valence-electron chi connectivity index (χ1n) is 11.9. The van der Waals surface area contributed by atoms with E-state index in [2.05, 4.69) is 17.6 Å². The van der Waals surface area contributed by atoms with Crippen LogP contribution in [0.15, 0.2) is 0 Å². The highest BCUT2D eigenvalue weighted by molar-refractivity contribution is 7.17. The van der Waals surface area contributed by atoms with Crippen molar-refractivity contribution in [3.05, 3.63) is 16.0 Å². The predicted octanol–water partition coefficient (Wildman–Crippen LogP) is 4.23. The third-order valence-corrected chi connectivity index (χ3v) is 9.30. The molecule has 2 bridgehead atoms. The van der Waals surface area contributed by atoms with Crippen LogP contribution in [0.5, 0.6) is 0 Å². The fourth-order valence-electron chi connectivity index (χ4n) is 6.19. The Morgan fingerprint density at radius 2 is 1.68 bits per heavy atom. The Kier molecular flexibility index (Phi) is 5.57. The molecule has 0 radical (unpaired) electrons. The maximum Gasteiger partial charge on any atom is 0.307 e. The number of carboxylic acid groups (broad SMARTS) is 1.